The first-order chi connectivity index (χ1) is 4.12. The monoisotopic (exact) mass is 137 g/mol. The third-order valence-electron chi connectivity index (χ3n) is 0.498. The van der Waals surface area contributed by atoms with E-state index in [4.69, 9.17) is 5.73 Å². The molecule has 0 amide bonds. The van der Waals surface area contributed by atoms with Crippen LogP contribution in [0.2, 0.25) is 0 Å². The molecule has 0 heterocycles. The molecule has 5 heteroatoms. The third-order valence-corrected chi connectivity index (χ3v) is 0.498. The molecule has 0 fully saturated rings. The largest absolute Gasteiger partial charge is 0.281 e. The highest BCUT2D eigenvalue weighted by molar-refractivity contribution is 4.41. The zero-order valence-corrected chi connectivity index (χ0v) is 5.71. The van der Waals surface area contributed by atoms with Crippen molar-refractivity contribution in [2.45, 2.75) is 12.8 Å². The first-order valence-corrected chi connectivity index (χ1v) is 2.35. The minimum Gasteiger partial charge on any atom is -0.276 e. The molecule has 9 heavy (non-hydrogen) atoms. The van der Waals surface area contributed by atoms with Gasteiger partial charge >= 0.3 is 0 Å². The van der Waals surface area contributed by atoms with E-state index in [-0.39, 0.29) is 0 Å². The van der Waals surface area contributed by atoms with Crippen molar-refractivity contribution in [3.05, 3.63) is 0 Å². The zero-order chi connectivity index (χ0) is 7.33. The Labute approximate surface area is 53.5 Å². The van der Waals surface area contributed by atoms with Crippen molar-refractivity contribution < 1.29 is 19.6 Å². The molecule has 2 N–H and O–H groups in total. The van der Waals surface area contributed by atoms with Gasteiger partial charge in [-0.15, -0.1) is 0 Å². The fourth-order valence-electron chi connectivity index (χ4n) is 0.345. The van der Waals surface area contributed by atoms with Gasteiger partial charge in [-0.1, -0.05) is 0 Å². The van der Waals surface area contributed by atoms with Gasteiger partial charge in [0.2, 0.25) is 0 Å². The zero-order valence-electron chi connectivity index (χ0n) is 5.71. The Kier molecular flexibility index (Phi) is 3.67. The maximum Gasteiger partial charge on any atom is 0.281 e. The summed E-state index contributed by atoms with van der Waals surface area (Å²) < 4.78 is 0. The highest BCUT2D eigenvalue weighted by Gasteiger charge is 2.21. The quantitative estimate of drug-likeness (QED) is 0.329. The minimum absolute atomic E-state index is 1.32. The van der Waals surface area contributed by atoms with Gasteiger partial charge in [0, 0.05) is 6.92 Å². The van der Waals surface area contributed by atoms with E-state index in [1.807, 2.05) is 0 Å². The van der Waals surface area contributed by atoms with Crippen molar-refractivity contribution in [2.75, 3.05) is 14.2 Å². The van der Waals surface area contributed by atoms with Gasteiger partial charge in [0.15, 0.2) is 0 Å². The molecule has 0 atom stereocenters. The molecule has 0 aliphatic carbocycles. The van der Waals surface area contributed by atoms with E-state index in [2.05, 4.69) is 19.6 Å². The lowest BCUT2D eigenvalue weighted by molar-refractivity contribution is -0.492. The van der Waals surface area contributed by atoms with Crippen molar-refractivity contribution in [3.8, 4) is 0 Å². The standard InChI is InChI=1S/C4H11NO4/c1-4(5,8-6-2)9-7-3/h5H2,1-3H3. The summed E-state index contributed by atoms with van der Waals surface area (Å²) >= 11 is 0. The lowest BCUT2D eigenvalue weighted by atomic mass is 10.6. The minimum atomic E-state index is -1.34. The van der Waals surface area contributed by atoms with Crippen LogP contribution in [0.25, 0.3) is 0 Å². The van der Waals surface area contributed by atoms with E-state index < -0.39 is 5.91 Å². The smallest absolute Gasteiger partial charge is 0.276 e. The Morgan fingerprint density at radius 2 is 1.44 bits per heavy atom. The van der Waals surface area contributed by atoms with Crippen LogP contribution in [0.15, 0.2) is 0 Å². The van der Waals surface area contributed by atoms with Gasteiger partial charge in [-0.3, -0.25) is 5.73 Å². The van der Waals surface area contributed by atoms with Crippen molar-refractivity contribution in [2.24, 2.45) is 5.73 Å². The molecule has 0 aromatic carbocycles. The molecule has 5 nitrogen and oxygen atoms in total. The van der Waals surface area contributed by atoms with E-state index in [1.165, 1.54) is 21.1 Å². The lowest BCUT2D eigenvalue weighted by Gasteiger charge is -2.19. The molecule has 0 saturated heterocycles. The van der Waals surface area contributed by atoms with Gasteiger partial charge in [0.25, 0.3) is 5.91 Å². The van der Waals surface area contributed by atoms with Gasteiger partial charge < -0.3 is 0 Å². The van der Waals surface area contributed by atoms with Gasteiger partial charge in [-0.05, 0) is 0 Å². The van der Waals surface area contributed by atoms with E-state index >= 15 is 0 Å². The molecule has 0 rings (SSSR count). The van der Waals surface area contributed by atoms with Crippen molar-refractivity contribution in [1.29, 1.82) is 0 Å². The number of nitrogens with two attached hydrogens (primary N) is 1. The molecular formula is C4H11NO4. The highest BCUT2D eigenvalue weighted by atomic mass is 17.3. The van der Waals surface area contributed by atoms with Gasteiger partial charge in [-0.25, -0.2) is 9.78 Å². The SMILES string of the molecule is COOC(C)(N)OOC. The molecule has 0 unspecified atom stereocenters. The highest BCUT2D eigenvalue weighted by Crippen LogP contribution is 2.02. The van der Waals surface area contributed by atoms with Crippen LogP contribution >= 0.6 is 0 Å². The molecule has 0 saturated carbocycles. The second-order valence-corrected chi connectivity index (χ2v) is 1.52. The summed E-state index contributed by atoms with van der Waals surface area (Å²) in [7, 11) is 2.65. The number of rotatable bonds is 4. The molecule has 56 valence electrons. The van der Waals surface area contributed by atoms with E-state index in [0.717, 1.165) is 0 Å². The Hall–Kier alpha value is -0.200. The Morgan fingerprint density at radius 3 is 1.67 bits per heavy atom. The second kappa shape index (κ2) is 3.76. The van der Waals surface area contributed by atoms with Gasteiger partial charge in [0.1, 0.15) is 0 Å². The predicted octanol–water partition coefficient (Wildman–Crippen LogP) is -0.225. The average molecular weight is 137 g/mol. The van der Waals surface area contributed by atoms with Gasteiger partial charge in [0.05, 0.1) is 14.2 Å². The van der Waals surface area contributed by atoms with E-state index in [0.29, 0.717) is 0 Å². The van der Waals surface area contributed by atoms with E-state index in [1.54, 1.807) is 0 Å². The lowest BCUT2D eigenvalue weighted by Crippen LogP contribution is -2.41. The van der Waals surface area contributed by atoms with Crippen molar-refractivity contribution in [3.63, 3.8) is 0 Å². The molecule has 0 spiro atoms. The molecule has 0 aliphatic heterocycles. The van der Waals surface area contributed by atoms with Crippen LogP contribution in [0.4, 0.5) is 0 Å². The predicted molar refractivity (Wildman–Crippen MR) is 28.8 cm³/mol. The Morgan fingerprint density at radius 1 is 1.11 bits per heavy atom. The van der Waals surface area contributed by atoms with Crippen LogP contribution in [0.3, 0.4) is 0 Å². The number of hydrogen-bond donors (Lipinski definition) is 1. The van der Waals surface area contributed by atoms with E-state index in [9.17, 15) is 0 Å². The first-order valence-electron chi connectivity index (χ1n) is 2.35. The van der Waals surface area contributed by atoms with Crippen LogP contribution in [0.1, 0.15) is 6.92 Å². The van der Waals surface area contributed by atoms with Crippen LogP contribution in [-0.4, -0.2) is 20.1 Å². The van der Waals surface area contributed by atoms with Crippen LogP contribution in [0.5, 0.6) is 0 Å². The van der Waals surface area contributed by atoms with Crippen LogP contribution in [-0.2, 0) is 19.6 Å². The Balaban J connectivity index is 3.43. The third kappa shape index (κ3) is 4.31. The van der Waals surface area contributed by atoms with Crippen molar-refractivity contribution in [1.82, 2.24) is 0 Å². The van der Waals surface area contributed by atoms with Crippen LogP contribution < -0.4 is 5.73 Å². The maximum atomic E-state index is 5.24. The van der Waals surface area contributed by atoms with Gasteiger partial charge in [-0.2, -0.15) is 9.78 Å². The summed E-state index contributed by atoms with van der Waals surface area (Å²) in [5.41, 5.74) is 5.24. The Bertz CT molecular complexity index is 67.0. The summed E-state index contributed by atoms with van der Waals surface area (Å²) in [6.07, 6.45) is 0. The molecule has 0 bridgehead atoms. The molecule has 0 radical (unpaired) electrons. The molecule has 0 aromatic rings. The topological polar surface area (TPSA) is 62.9 Å². The summed E-state index contributed by atoms with van der Waals surface area (Å²) in [5.74, 6) is -1.34. The summed E-state index contributed by atoms with van der Waals surface area (Å²) in [5, 5.41) is 0. The van der Waals surface area contributed by atoms with Crippen LogP contribution in [0, 0.1) is 0 Å². The van der Waals surface area contributed by atoms with Crippen molar-refractivity contribution >= 4 is 0 Å². The second-order valence-electron chi connectivity index (χ2n) is 1.52. The normalized spacial score (nSPS) is 12.0. The fraction of sp³-hybridized carbons (Fsp3) is 1.00. The summed E-state index contributed by atoms with van der Waals surface area (Å²) in [6.45, 7) is 1.44. The molecular weight excluding hydrogens is 126 g/mol. The number of hydrogen-bond acceptors (Lipinski definition) is 5. The molecule has 0 aliphatic rings. The molecule has 0 aromatic heterocycles. The first kappa shape index (κ1) is 8.80. The summed E-state index contributed by atoms with van der Waals surface area (Å²) in [6, 6.07) is 0. The summed E-state index contributed by atoms with van der Waals surface area (Å²) in [4.78, 5) is 17.3. The average Bonchev–Trinajstić information content (AvgIpc) is 1.64. The fourth-order valence-corrected chi connectivity index (χ4v) is 0.345. The maximum absolute atomic E-state index is 5.24.